The molecule has 1 atom stereocenters. The summed E-state index contributed by atoms with van der Waals surface area (Å²) in [7, 11) is 0. The first-order chi connectivity index (χ1) is 7.72. The molecule has 0 aliphatic rings. The molecule has 2 rings (SSSR count). The van der Waals surface area contributed by atoms with Gasteiger partial charge in [-0.05, 0) is 25.0 Å². The third-order valence-corrected chi connectivity index (χ3v) is 3.07. The van der Waals surface area contributed by atoms with Gasteiger partial charge in [0.05, 0.1) is 29.7 Å². The molecule has 0 radical (unpaired) electrons. The molecule has 0 amide bonds. The van der Waals surface area contributed by atoms with Crippen molar-refractivity contribution in [3.63, 3.8) is 0 Å². The molecule has 84 valence electrons. The van der Waals surface area contributed by atoms with E-state index >= 15 is 0 Å². The number of nitrogens with two attached hydrogens (primary N) is 1. The number of aryl methyl sites for hydroxylation is 2. The standard InChI is InChI=1S/C11H14N4S/c1-7-3-4-9(8(2)5-7)11(14-12)10-6-13-16-15-10/h3-6,11,14H,12H2,1-2H3. The Balaban J connectivity index is 2.41. The molecule has 3 N–H and O–H groups in total. The summed E-state index contributed by atoms with van der Waals surface area (Å²) in [4.78, 5) is 0. The van der Waals surface area contributed by atoms with Crippen LogP contribution in [-0.4, -0.2) is 8.75 Å². The second-order valence-electron chi connectivity index (χ2n) is 3.79. The third kappa shape index (κ3) is 2.11. The average molecular weight is 234 g/mol. The van der Waals surface area contributed by atoms with Gasteiger partial charge in [-0.1, -0.05) is 23.8 Å². The first kappa shape index (κ1) is 11.2. The normalized spacial score (nSPS) is 12.7. The summed E-state index contributed by atoms with van der Waals surface area (Å²) in [5.41, 5.74) is 7.23. The average Bonchev–Trinajstić information content (AvgIpc) is 2.75. The zero-order chi connectivity index (χ0) is 11.5. The summed E-state index contributed by atoms with van der Waals surface area (Å²) in [5, 5.41) is 0. The molecular weight excluding hydrogens is 220 g/mol. The van der Waals surface area contributed by atoms with Gasteiger partial charge in [0, 0.05) is 0 Å². The van der Waals surface area contributed by atoms with Gasteiger partial charge in [0.1, 0.15) is 0 Å². The third-order valence-electron chi connectivity index (χ3n) is 2.58. The van der Waals surface area contributed by atoms with Crippen LogP contribution in [0.3, 0.4) is 0 Å². The van der Waals surface area contributed by atoms with Crippen molar-refractivity contribution < 1.29 is 0 Å². The van der Waals surface area contributed by atoms with Crippen LogP contribution in [0.25, 0.3) is 0 Å². The topological polar surface area (TPSA) is 63.8 Å². The molecule has 16 heavy (non-hydrogen) atoms. The number of rotatable bonds is 3. The summed E-state index contributed by atoms with van der Waals surface area (Å²) in [5.74, 6) is 5.59. The monoisotopic (exact) mass is 234 g/mol. The van der Waals surface area contributed by atoms with Crippen LogP contribution < -0.4 is 11.3 Å². The highest BCUT2D eigenvalue weighted by Crippen LogP contribution is 2.23. The first-order valence-corrected chi connectivity index (χ1v) is 5.76. The minimum Gasteiger partial charge on any atom is -0.271 e. The number of hydrogen-bond donors (Lipinski definition) is 2. The number of hydrogen-bond acceptors (Lipinski definition) is 5. The highest BCUT2D eigenvalue weighted by Gasteiger charge is 2.16. The zero-order valence-electron chi connectivity index (χ0n) is 9.27. The first-order valence-electron chi connectivity index (χ1n) is 5.03. The van der Waals surface area contributed by atoms with E-state index in [1.54, 1.807) is 6.20 Å². The lowest BCUT2D eigenvalue weighted by atomic mass is 9.98. The lowest BCUT2D eigenvalue weighted by molar-refractivity contribution is 0.622. The largest absolute Gasteiger partial charge is 0.271 e. The Labute approximate surface area is 98.8 Å². The van der Waals surface area contributed by atoms with E-state index in [-0.39, 0.29) is 6.04 Å². The number of hydrazine groups is 1. The Hall–Kier alpha value is -1.30. The van der Waals surface area contributed by atoms with Crippen molar-refractivity contribution in [3.8, 4) is 0 Å². The van der Waals surface area contributed by atoms with E-state index in [4.69, 9.17) is 5.84 Å². The fourth-order valence-corrected chi connectivity index (χ4v) is 2.23. The molecule has 0 aliphatic heterocycles. The van der Waals surface area contributed by atoms with E-state index in [1.165, 1.54) is 22.9 Å². The molecule has 0 bridgehead atoms. The molecular formula is C11H14N4S. The van der Waals surface area contributed by atoms with Crippen molar-refractivity contribution in [1.82, 2.24) is 14.2 Å². The molecule has 1 heterocycles. The highest BCUT2D eigenvalue weighted by molar-refractivity contribution is 6.99. The van der Waals surface area contributed by atoms with Crippen LogP contribution in [0.4, 0.5) is 0 Å². The van der Waals surface area contributed by atoms with Gasteiger partial charge in [-0.3, -0.25) is 5.84 Å². The molecule has 2 aromatic rings. The molecule has 1 aromatic carbocycles. The van der Waals surface area contributed by atoms with E-state index in [2.05, 4.69) is 46.2 Å². The maximum Gasteiger partial charge on any atom is 0.0970 e. The van der Waals surface area contributed by atoms with Gasteiger partial charge in [-0.2, -0.15) is 8.75 Å². The van der Waals surface area contributed by atoms with Crippen molar-refractivity contribution >= 4 is 11.7 Å². The quantitative estimate of drug-likeness (QED) is 0.627. The maximum absolute atomic E-state index is 5.59. The predicted molar refractivity (Wildman–Crippen MR) is 65.0 cm³/mol. The highest BCUT2D eigenvalue weighted by atomic mass is 32.1. The molecule has 5 heteroatoms. The lowest BCUT2D eigenvalue weighted by Gasteiger charge is -2.16. The Morgan fingerprint density at radius 3 is 2.75 bits per heavy atom. The van der Waals surface area contributed by atoms with Gasteiger partial charge in [-0.25, -0.2) is 5.43 Å². The molecule has 1 aromatic heterocycles. The lowest BCUT2D eigenvalue weighted by Crippen LogP contribution is -2.29. The minimum atomic E-state index is -0.0839. The van der Waals surface area contributed by atoms with Crippen molar-refractivity contribution in [2.45, 2.75) is 19.9 Å². The van der Waals surface area contributed by atoms with Crippen LogP contribution in [0, 0.1) is 13.8 Å². The fourth-order valence-electron chi connectivity index (χ4n) is 1.78. The fraction of sp³-hybridized carbons (Fsp3) is 0.273. The van der Waals surface area contributed by atoms with Gasteiger partial charge >= 0.3 is 0 Å². The van der Waals surface area contributed by atoms with E-state index < -0.39 is 0 Å². The van der Waals surface area contributed by atoms with Gasteiger partial charge in [-0.15, -0.1) is 0 Å². The van der Waals surface area contributed by atoms with E-state index in [9.17, 15) is 0 Å². The zero-order valence-corrected chi connectivity index (χ0v) is 10.1. The SMILES string of the molecule is Cc1ccc(C(NN)c2cnsn2)c(C)c1. The van der Waals surface area contributed by atoms with Crippen molar-refractivity contribution in [3.05, 3.63) is 46.8 Å². The Morgan fingerprint density at radius 2 is 2.19 bits per heavy atom. The molecule has 0 spiro atoms. The maximum atomic E-state index is 5.59. The number of aromatic nitrogens is 2. The molecule has 0 saturated carbocycles. The molecule has 0 fully saturated rings. The van der Waals surface area contributed by atoms with E-state index in [0.717, 1.165) is 11.3 Å². The number of nitrogens with one attached hydrogen (secondary N) is 1. The van der Waals surface area contributed by atoms with Crippen LogP contribution in [0.5, 0.6) is 0 Å². The van der Waals surface area contributed by atoms with Crippen molar-refractivity contribution in [1.29, 1.82) is 0 Å². The Morgan fingerprint density at radius 1 is 1.38 bits per heavy atom. The van der Waals surface area contributed by atoms with Crippen LogP contribution in [-0.2, 0) is 0 Å². The van der Waals surface area contributed by atoms with Crippen LogP contribution in [0.15, 0.2) is 24.4 Å². The van der Waals surface area contributed by atoms with Gasteiger partial charge in [0.2, 0.25) is 0 Å². The van der Waals surface area contributed by atoms with Gasteiger partial charge in [0.25, 0.3) is 0 Å². The molecule has 1 unspecified atom stereocenters. The summed E-state index contributed by atoms with van der Waals surface area (Å²) >= 11 is 1.19. The second kappa shape index (κ2) is 4.69. The smallest absolute Gasteiger partial charge is 0.0970 e. The summed E-state index contributed by atoms with van der Waals surface area (Å²) < 4.78 is 8.21. The van der Waals surface area contributed by atoms with E-state index in [0.29, 0.717) is 0 Å². The van der Waals surface area contributed by atoms with E-state index in [1.807, 2.05) is 0 Å². The number of benzene rings is 1. The van der Waals surface area contributed by atoms with Crippen molar-refractivity contribution in [2.75, 3.05) is 0 Å². The number of nitrogens with zero attached hydrogens (tertiary/aromatic N) is 2. The summed E-state index contributed by atoms with van der Waals surface area (Å²) in [6, 6.07) is 6.21. The Kier molecular flexibility index (Phi) is 3.28. The van der Waals surface area contributed by atoms with Crippen molar-refractivity contribution in [2.24, 2.45) is 5.84 Å². The summed E-state index contributed by atoms with van der Waals surface area (Å²) in [6.07, 6.45) is 1.74. The van der Waals surface area contributed by atoms with Crippen LogP contribution >= 0.6 is 11.7 Å². The molecule has 0 aliphatic carbocycles. The predicted octanol–water partition coefficient (Wildman–Crippen LogP) is 1.71. The Bertz CT molecular complexity index is 467. The molecule has 4 nitrogen and oxygen atoms in total. The summed E-state index contributed by atoms with van der Waals surface area (Å²) in [6.45, 7) is 4.15. The van der Waals surface area contributed by atoms with Crippen LogP contribution in [0.2, 0.25) is 0 Å². The van der Waals surface area contributed by atoms with Crippen LogP contribution in [0.1, 0.15) is 28.4 Å². The minimum absolute atomic E-state index is 0.0839. The second-order valence-corrected chi connectivity index (χ2v) is 4.35. The van der Waals surface area contributed by atoms with Gasteiger partial charge in [0.15, 0.2) is 0 Å². The molecule has 0 saturated heterocycles. The van der Waals surface area contributed by atoms with Gasteiger partial charge < -0.3 is 0 Å².